The molecule has 0 amide bonds. The van der Waals surface area contributed by atoms with Crippen molar-refractivity contribution in [3.63, 3.8) is 0 Å². The number of esters is 1. The molecule has 0 spiro atoms. The zero-order valence-electron chi connectivity index (χ0n) is 10.4. The van der Waals surface area contributed by atoms with Crippen molar-refractivity contribution in [3.8, 4) is 0 Å². The van der Waals surface area contributed by atoms with Gasteiger partial charge in [-0.05, 0) is 32.6 Å². The molecule has 0 aliphatic carbocycles. The summed E-state index contributed by atoms with van der Waals surface area (Å²) in [6.07, 6.45) is 4.86. The molecular formula is C12H22O4. The number of carbonyl (C=O) groups is 1. The fraction of sp³-hybridized carbons (Fsp3) is 0.917. The van der Waals surface area contributed by atoms with Crippen LogP contribution in [-0.2, 0) is 19.0 Å². The van der Waals surface area contributed by atoms with Crippen molar-refractivity contribution in [2.24, 2.45) is 0 Å². The Morgan fingerprint density at radius 2 is 2.12 bits per heavy atom. The highest BCUT2D eigenvalue weighted by atomic mass is 16.5. The Labute approximate surface area is 97.2 Å². The first kappa shape index (κ1) is 13.5. The number of carbonyl (C=O) groups excluding carboxylic acids is 1. The van der Waals surface area contributed by atoms with Crippen molar-refractivity contribution in [2.75, 3.05) is 14.2 Å². The van der Waals surface area contributed by atoms with Crippen LogP contribution in [0.5, 0.6) is 0 Å². The van der Waals surface area contributed by atoms with Gasteiger partial charge in [0, 0.05) is 13.5 Å². The molecule has 1 fully saturated rings. The number of hydrogen-bond acceptors (Lipinski definition) is 4. The van der Waals surface area contributed by atoms with E-state index in [1.54, 1.807) is 7.11 Å². The maximum absolute atomic E-state index is 11.0. The van der Waals surface area contributed by atoms with E-state index in [9.17, 15) is 4.79 Å². The molecule has 4 heteroatoms. The van der Waals surface area contributed by atoms with Crippen LogP contribution in [-0.4, -0.2) is 38.5 Å². The van der Waals surface area contributed by atoms with Gasteiger partial charge in [-0.3, -0.25) is 4.79 Å². The Balaban J connectivity index is 2.23. The molecular weight excluding hydrogens is 208 g/mol. The normalized spacial score (nSPS) is 30.1. The standard InChI is InChI=1S/C12H22O4/c1-9-7-11(14-2)8-10(16-9)5-4-6-12(13)15-3/h9-11H,4-8H2,1-3H3/t9-,10-,11+/m0/s1. The minimum atomic E-state index is -0.146. The lowest BCUT2D eigenvalue weighted by Crippen LogP contribution is -2.35. The molecule has 0 aromatic rings. The minimum absolute atomic E-state index is 0.146. The third-order valence-corrected chi connectivity index (χ3v) is 3.01. The summed E-state index contributed by atoms with van der Waals surface area (Å²) in [5.41, 5.74) is 0. The van der Waals surface area contributed by atoms with Gasteiger partial charge >= 0.3 is 5.97 Å². The van der Waals surface area contributed by atoms with E-state index in [1.165, 1.54) is 7.11 Å². The Morgan fingerprint density at radius 3 is 2.75 bits per heavy atom. The van der Waals surface area contributed by atoms with Gasteiger partial charge in [0.05, 0.1) is 25.4 Å². The predicted molar refractivity (Wildman–Crippen MR) is 60.2 cm³/mol. The summed E-state index contributed by atoms with van der Waals surface area (Å²) >= 11 is 0. The molecule has 4 nitrogen and oxygen atoms in total. The van der Waals surface area contributed by atoms with Crippen molar-refractivity contribution in [3.05, 3.63) is 0 Å². The van der Waals surface area contributed by atoms with Gasteiger partial charge in [0.1, 0.15) is 0 Å². The van der Waals surface area contributed by atoms with E-state index in [2.05, 4.69) is 11.7 Å². The van der Waals surface area contributed by atoms with Gasteiger partial charge in [0.15, 0.2) is 0 Å². The minimum Gasteiger partial charge on any atom is -0.469 e. The topological polar surface area (TPSA) is 44.8 Å². The summed E-state index contributed by atoms with van der Waals surface area (Å²) < 4.78 is 15.8. The molecule has 1 aliphatic heterocycles. The smallest absolute Gasteiger partial charge is 0.305 e. The predicted octanol–water partition coefficient (Wildman–Crippen LogP) is 1.91. The first-order valence-corrected chi connectivity index (χ1v) is 5.90. The van der Waals surface area contributed by atoms with Gasteiger partial charge in [0.25, 0.3) is 0 Å². The Morgan fingerprint density at radius 1 is 1.38 bits per heavy atom. The molecule has 0 aromatic heterocycles. The highest BCUT2D eigenvalue weighted by Crippen LogP contribution is 2.24. The van der Waals surface area contributed by atoms with Crippen LogP contribution in [0.1, 0.15) is 39.0 Å². The van der Waals surface area contributed by atoms with E-state index in [4.69, 9.17) is 9.47 Å². The quantitative estimate of drug-likeness (QED) is 0.677. The number of rotatable bonds is 5. The summed E-state index contributed by atoms with van der Waals surface area (Å²) in [6.45, 7) is 2.07. The summed E-state index contributed by atoms with van der Waals surface area (Å²) in [7, 11) is 3.16. The third kappa shape index (κ3) is 4.49. The van der Waals surface area contributed by atoms with Crippen LogP contribution in [0.3, 0.4) is 0 Å². The molecule has 16 heavy (non-hydrogen) atoms. The molecule has 1 heterocycles. The van der Waals surface area contributed by atoms with Crippen molar-refractivity contribution < 1.29 is 19.0 Å². The average Bonchev–Trinajstić information content (AvgIpc) is 2.28. The van der Waals surface area contributed by atoms with Gasteiger partial charge < -0.3 is 14.2 Å². The first-order valence-electron chi connectivity index (χ1n) is 5.90. The first-order chi connectivity index (χ1) is 7.65. The number of hydrogen-bond donors (Lipinski definition) is 0. The van der Waals surface area contributed by atoms with Crippen LogP contribution in [0.25, 0.3) is 0 Å². The maximum Gasteiger partial charge on any atom is 0.305 e. The van der Waals surface area contributed by atoms with Gasteiger partial charge in [-0.1, -0.05) is 0 Å². The molecule has 94 valence electrons. The van der Waals surface area contributed by atoms with E-state index in [0.717, 1.165) is 25.7 Å². The van der Waals surface area contributed by atoms with Gasteiger partial charge in [-0.25, -0.2) is 0 Å². The monoisotopic (exact) mass is 230 g/mol. The maximum atomic E-state index is 11.0. The van der Waals surface area contributed by atoms with Crippen LogP contribution in [0, 0.1) is 0 Å². The van der Waals surface area contributed by atoms with Crippen molar-refractivity contribution in [1.82, 2.24) is 0 Å². The van der Waals surface area contributed by atoms with Crippen LogP contribution in [0.2, 0.25) is 0 Å². The molecule has 1 rings (SSSR count). The van der Waals surface area contributed by atoms with Crippen LogP contribution < -0.4 is 0 Å². The van der Waals surface area contributed by atoms with Crippen molar-refractivity contribution in [2.45, 2.75) is 57.3 Å². The SMILES string of the molecule is COC(=O)CCC[C@H]1C[C@H](OC)C[C@H](C)O1. The molecule has 0 saturated carbocycles. The third-order valence-electron chi connectivity index (χ3n) is 3.01. The second-order valence-corrected chi connectivity index (χ2v) is 4.37. The Kier molecular flexibility index (Phi) is 5.77. The highest BCUT2D eigenvalue weighted by molar-refractivity contribution is 5.68. The van der Waals surface area contributed by atoms with Gasteiger partial charge in [-0.15, -0.1) is 0 Å². The Bertz CT molecular complexity index is 217. The lowest BCUT2D eigenvalue weighted by molar-refractivity contribution is -0.141. The molecule has 0 aromatic carbocycles. The van der Waals surface area contributed by atoms with Crippen LogP contribution in [0.4, 0.5) is 0 Å². The highest BCUT2D eigenvalue weighted by Gasteiger charge is 2.26. The van der Waals surface area contributed by atoms with Crippen molar-refractivity contribution >= 4 is 5.97 Å². The van der Waals surface area contributed by atoms with E-state index < -0.39 is 0 Å². The van der Waals surface area contributed by atoms with E-state index in [1.807, 2.05) is 0 Å². The second-order valence-electron chi connectivity index (χ2n) is 4.37. The largest absolute Gasteiger partial charge is 0.469 e. The molecule has 3 atom stereocenters. The van der Waals surface area contributed by atoms with Crippen LogP contribution >= 0.6 is 0 Å². The lowest BCUT2D eigenvalue weighted by atomic mass is 9.98. The van der Waals surface area contributed by atoms with Crippen molar-refractivity contribution in [1.29, 1.82) is 0 Å². The molecule has 0 radical (unpaired) electrons. The van der Waals surface area contributed by atoms with Crippen LogP contribution in [0.15, 0.2) is 0 Å². The molecule has 1 aliphatic rings. The average molecular weight is 230 g/mol. The summed E-state index contributed by atoms with van der Waals surface area (Å²) in [6, 6.07) is 0. The lowest BCUT2D eigenvalue weighted by Gasteiger charge is -2.33. The van der Waals surface area contributed by atoms with E-state index >= 15 is 0 Å². The van der Waals surface area contributed by atoms with E-state index in [-0.39, 0.29) is 18.2 Å². The molecule has 0 unspecified atom stereocenters. The fourth-order valence-corrected chi connectivity index (χ4v) is 2.15. The molecule has 1 saturated heterocycles. The van der Waals surface area contributed by atoms with Gasteiger partial charge in [-0.2, -0.15) is 0 Å². The number of ether oxygens (including phenoxy) is 3. The zero-order valence-corrected chi connectivity index (χ0v) is 10.4. The number of methoxy groups -OCH3 is 2. The zero-order chi connectivity index (χ0) is 12.0. The summed E-state index contributed by atoms with van der Waals surface area (Å²) in [5.74, 6) is -0.146. The fourth-order valence-electron chi connectivity index (χ4n) is 2.15. The molecule has 0 N–H and O–H groups in total. The van der Waals surface area contributed by atoms with Gasteiger partial charge in [0.2, 0.25) is 0 Å². The van der Waals surface area contributed by atoms with E-state index in [0.29, 0.717) is 12.5 Å². The summed E-state index contributed by atoms with van der Waals surface area (Å²) in [5, 5.41) is 0. The Hall–Kier alpha value is -0.610. The molecule has 0 bridgehead atoms. The summed E-state index contributed by atoms with van der Waals surface area (Å²) in [4.78, 5) is 11.0. The second kappa shape index (κ2) is 6.86.